The van der Waals surface area contributed by atoms with Gasteiger partial charge >= 0.3 is 12.1 Å². The Bertz CT molecular complexity index is 1180. The maximum absolute atomic E-state index is 12.3. The second kappa shape index (κ2) is 7.25. The topological polar surface area (TPSA) is 55.1 Å². The molecule has 0 saturated heterocycles. The van der Waals surface area contributed by atoms with E-state index in [4.69, 9.17) is 16.0 Å². The first-order valence-electron chi connectivity index (χ1n) is 8.45. The number of hydrogen-bond donors (Lipinski definition) is 1. The van der Waals surface area contributed by atoms with Gasteiger partial charge in [0.25, 0.3) is 0 Å². The summed E-state index contributed by atoms with van der Waals surface area (Å²) in [6, 6.07) is 18.7. The van der Waals surface area contributed by atoms with Crippen molar-refractivity contribution in [3.63, 3.8) is 0 Å². The quantitative estimate of drug-likeness (QED) is 0.425. The highest BCUT2D eigenvalue weighted by Crippen LogP contribution is 2.29. The molecule has 0 saturated carbocycles. The zero-order valence-corrected chi connectivity index (χ0v) is 15.4. The van der Waals surface area contributed by atoms with Crippen molar-refractivity contribution in [3.05, 3.63) is 71.8 Å². The largest absolute Gasteiger partial charge is 0.471 e. The van der Waals surface area contributed by atoms with Crippen LogP contribution in [0.1, 0.15) is 0 Å². The number of rotatable bonds is 3. The van der Waals surface area contributed by atoms with Crippen molar-refractivity contribution in [2.24, 2.45) is 0 Å². The molecule has 0 spiro atoms. The second-order valence-electron chi connectivity index (χ2n) is 6.24. The summed E-state index contributed by atoms with van der Waals surface area (Å²) in [5.74, 6) is -1.55. The zero-order valence-electron chi connectivity index (χ0n) is 14.6. The number of fused-ring (bicyclic) bond motifs is 1. The van der Waals surface area contributed by atoms with Crippen molar-refractivity contribution < 1.29 is 22.4 Å². The van der Waals surface area contributed by atoms with Crippen molar-refractivity contribution in [1.29, 1.82) is 0 Å². The van der Waals surface area contributed by atoms with Gasteiger partial charge in [-0.05, 0) is 47.5 Å². The van der Waals surface area contributed by atoms with E-state index in [-0.39, 0.29) is 5.69 Å². The predicted octanol–water partition coefficient (Wildman–Crippen LogP) is 6.32. The number of anilines is 1. The van der Waals surface area contributed by atoms with Crippen molar-refractivity contribution in [3.8, 4) is 22.6 Å². The molecule has 0 radical (unpaired) electrons. The lowest BCUT2D eigenvalue weighted by Gasteiger charge is -2.09. The second-order valence-corrected chi connectivity index (χ2v) is 6.67. The average molecular weight is 417 g/mol. The molecule has 1 aromatic heterocycles. The van der Waals surface area contributed by atoms with Crippen LogP contribution in [0.5, 0.6) is 0 Å². The van der Waals surface area contributed by atoms with E-state index in [9.17, 15) is 18.0 Å². The van der Waals surface area contributed by atoms with Crippen molar-refractivity contribution in [1.82, 2.24) is 4.98 Å². The number of halogens is 4. The van der Waals surface area contributed by atoms with E-state index >= 15 is 0 Å². The Kier molecular flexibility index (Phi) is 4.76. The molecular formula is C21H12ClF3N2O2. The highest BCUT2D eigenvalue weighted by atomic mass is 35.5. The van der Waals surface area contributed by atoms with Crippen LogP contribution in [0.3, 0.4) is 0 Å². The number of carbonyl (C=O) groups excluding carboxylic acids is 1. The molecule has 1 N–H and O–H groups in total. The van der Waals surface area contributed by atoms with Crippen LogP contribution in [0, 0.1) is 0 Å². The van der Waals surface area contributed by atoms with Gasteiger partial charge < -0.3 is 9.73 Å². The van der Waals surface area contributed by atoms with E-state index in [1.54, 1.807) is 30.3 Å². The van der Waals surface area contributed by atoms with Gasteiger partial charge in [-0.2, -0.15) is 13.2 Å². The Labute approximate surface area is 167 Å². The molecule has 4 rings (SSSR count). The van der Waals surface area contributed by atoms with Crippen LogP contribution in [0.2, 0.25) is 5.02 Å². The predicted molar refractivity (Wildman–Crippen MR) is 105 cm³/mol. The number of alkyl halides is 3. The third-order valence-electron chi connectivity index (χ3n) is 4.22. The van der Waals surface area contributed by atoms with Gasteiger partial charge in [0, 0.05) is 22.3 Å². The zero-order chi connectivity index (χ0) is 20.6. The molecule has 4 nitrogen and oxygen atoms in total. The first-order valence-corrected chi connectivity index (χ1v) is 8.82. The molecule has 146 valence electrons. The summed E-state index contributed by atoms with van der Waals surface area (Å²) in [7, 11) is 0. The van der Waals surface area contributed by atoms with Crippen molar-refractivity contribution >= 4 is 34.3 Å². The summed E-state index contributed by atoms with van der Waals surface area (Å²) in [6.45, 7) is 0. The third-order valence-corrected chi connectivity index (χ3v) is 4.45. The Hall–Kier alpha value is -3.32. The number of nitrogens with zero attached hydrogens (tertiary/aromatic N) is 1. The number of carbonyl (C=O) groups is 1. The van der Waals surface area contributed by atoms with Crippen LogP contribution in [0.15, 0.2) is 71.1 Å². The van der Waals surface area contributed by atoms with Gasteiger partial charge in [0.05, 0.1) is 0 Å². The molecule has 4 aromatic rings. The lowest BCUT2D eigenvalue weighted by molar-refractivity contribution is -0.167. The van der Waals surface area contributed by atoms with Gasteiger partial charge in [0.1, 0.15) is 5.52 Å². The summed E-state index contributed by atoms with van der Waals surface area (Å²) < 4.78 is 42.7. The molecule has 0 atom stereocenters. The Morgan fingerprint density at radius 2 is 1.48 bits per heavy atom. The van der Waals surface area contributed by atoms with Crippen LogP contribution in [-0.4, -0.2) is 17.1 Å². The Balaban J connectivity index is 1.53. The smallest absolute Gasteiger partial charge is 0.436 e. The number of amides is 1. The molecule has 0 unspecified atom stereocenters. The van der Waals surface area contributed by atoms with Crippen molar-refractivity contribution in [2.45, 2.75) is 6.18 Å². The number of oxazole rings is 1. The molecular weight excluding hydrogens is 405 g/mol. The first kappa shape index (κ1) is 19.0. The first-order chi connectivity index (χ1) is 13.8. The summed E-state index contributed by atoms with van der Waals surface area (Å²) in [6.07, 6.45) is -4.93. The third kappa shape index (κ3) is 4.09. The van der Waals surface area contributed by atoms with Gasteiger partial charge in [0.2, 0.25) is 5.89 Å². The average Bonchev–Trinajstić information content (AvgIpc) is 3.11. The highest BCUT2D eigenvalue weighted by molar-refractivity contribution is 6.31. The van der Waals surface area contributed by atoms with Crippen LogP contribution in [-0.2, 0) is 4.79 Å². The van der Waals surface area contributed by atoms with Crippen molar-refractivity contribution in [2.75, 3.05) is 5.32 Å². The molecule has 29 heavy (non-hydrogen) atoms. The number of hydrogen-bond acceptors (Lipinski definition) is 3. The number of aromatic nitrogens is 1. The fourth-order valence-electron chi connectivity index (χ4n) is 2.78. The van der Waals surface area contributed by atoms with E-state index in [0.717, 1.165) is 16.7 Å². The molecule has 0 bridgehead atoms. The molecule has 0 aliphatic rings. The van der Waals surface area contributed by atoms with E-state index in [0.29, 0.717) is 22.0 Å². The van der Waals surface area contributed by atoms with Gasteiger partial charge in [-0.3, -0.25) is 4.79 Å². The maximum Gasteiger partial charge on any atom is 0.471 e. The molecule has 0 aliphatic heterocycles. The Morgan fingerprint density at radius 3 is 2.10 bits per heavy atom. The summed E-state index contributed by atoms with van der Waals surface area (Å²) in [5.41, 5.74) is 3.76. The molecule has 1 heterocycles. The highest BCUT2D eigenvalue weighted by Gasteiger charge is 2.38. The molecule has 3 aromatic carbocycles. The van der Waals surface area contributed by atoms with Gasteiger partial charge in [-0.25, -0.2) is 4.98 Å². The summed E-state index contributed by atoms with van der Waals surface area (Å²) in [5, 5.41) is 2.37. The number of benzene rings is 3. The van der Waals surface area contributed by atoms with E-state index < -0.39 is 12.1 Å². The van der Waals surface area contributed by atoms with E-state index in [1.807, 2.05) is 29.6 Å². The molecule has 0 fully saturated rings. The fourth-order valence-corrected chi connectivity index (χ4v) is 2.94. The number of nitrogens with one attached hydrogen (secondary N) is 1. The van der Waals surface area contributed by atoms with Crippen LogP contribution >= 0.6 is 11.6 Å². The lowest BCUT2D eigenvalue weighted by Crippen LogP contribution is -2.29. The SMILES string of the molecule is O=C(Nc1ccc(-c2ccc(-c3nc4ccc(Cl)cc4o3)cc2)cc1)C(F)(F)F. The van der Waals surface area contributed by atoms with Crippen LogP contribution in [0.25, 0.3) is 33.7 Å². The minimum atomic E-state index is -4.93. The van der Waals surface area contributed by atoms with Gasteiger partial charge in [0.15, 0.2) is 5.58 Å². The fraction of sp³-hybridized carbons (Fsp3) is 0.0476. The maximum atomic E-state index is 12.3. The minimum absolute atomic E-state index is 0.0674. The minimum Gasteiger partial charge on any atom is -0.436 e. The van der Waals surface area contributed by atoms with E-state index in [1.165, 1.54) is 12.1 Å². The summed E-state index contributed by atoms with van der Waals surface area (Å²) in [4.78, 5) is 15.4. The van der Waals surface area contributed by atoms with E-state index in [2.05, 4.69) is 4.98 Å². The molecule has 0 aliphatic carbocycles. The van der Waals surface area contributed by atoms with Gasteiger partial charge in [-0.1, -0.05) is 35.9 Å². The molecule has 1 amide bonds. The standard InChI is InChI=1S/C21H12ClF3N2O2/c22-15-7-10-17-18(11-15)29-19(27-17)14-3-1-12(2-4-14)13-5-8-16(9-6-13)26-20(28)21(23,24)25/h1-11H,(H,26,28). The van der Waals surface area contributed by atoms with Gasteiger partial charge in [-0.15, -0.1) is 0 Å². The van der Waals surface area contributed by atoms with Crippen LogP contribution < -0.4 is 5.32 Å². The lowest BCUT2D eigenvalue weighted by atomic mass is 10.0. The monoisotopic (exact) mass is 416 g/mol. The Morgan fingerprint density at radius 1 is 0.897 bits per heavy atom. The summed E-state index contributed by atoms with van der Waals surface area (Å²) >= 11 is 5.96. The normalized spacial score (nSPS) is 11.6. The van der Waals surface area contributed by atoms with Crippen LogP contribution in [0.4, 0.5) is 18.9 Å². The molecule has 8 heteroatoms.